The molecule has 3 heterocycles. The lowest BCUT2D eigenvalue weighted by Gasteiger charge is -2.15. The monoisotopic (exact) mass is 649 g/mol. The zero-order valence-corrected chi connectivity index (χ0v) is 25.4. The number of amides is 2. The van der Waals surface area contributed by atoms with Gasteiger partial charge >= 0.3 is 12.1 Å². The van der Waals surface area contributed by atoms with E-state index < -0.39 is 28.9 Å². The van der Waals surface area contributed by atoms with Crippen LogP contribution >= 0.6 is 34.4 Å². The maximum absolute atomic E-state index is 13.6. The van der Waals surface area contributed by atoms with E-state index in [9.17, 15) is 27.6 Å². The van der Waals surface area contributed by atoms with Gasteiger partial charge in [0.2, 0.25) is 5.91 Å². The summed E-state index contributed by atoms with van der Waals surface area (Å²) >= 11 is 3.58. The van der Waals surface area contributed by atoms with E-state index in [1.54, 1.807) is 31.4 Å². The Bertz CT molecular complexity index is 1650. The van der Waals surface area contributed by atoms with Crippen LogP contribution in [0.15, 0.2) is 46.9 Å². The predicted molar refractivity (Wildman–Crippen MR) is 158 cm³/mol. The van der Waals surface area contributed by atoms with Crippen molar-refractivity contribution >= 4 is 57.2 Å². The molecule has 0 radical (unpaired) electrons. The fraction of sp³-hybridized carbons (Fsp3) is 0.321. The number of carbonyl (C=O) groups excluding carboxylic acids is 3. The van der Waals surface area contributed by atoms with E-state index in [4.69, 9.17) is 4.74 Å². The summed E-state index contributed by atoms with van der Waals surface area (Å²) < 4.78 is 47.3. The van der Waals surface area contributed by atoms with E-state index in [2.05, 4.69) is 20.8 Å². The van der Waals surface area contributed by atoms with Crippen LogP contribution in [0.25, 0.3) is 5.69 Å². The molecule has 0 aliphatic heterocycles. The quantitative estimate of drug-likeness (QED) is 0.157. The third-order valence-corrected chi connectivity index (χ3v) is 9.69. The third kappa shape index (κ3) is 6.78. The van der Waals surface area contributed by atoms with Crippen LogP contribution in [-0.2, 0) is 35.1 Å². The fourth-order valence-electron chi connectivity index (χ4n) is 4.56. The molecule has 2 amide bonds. The summed E-state index contributed by atoms with van der Waals surface area (Å²) in [6.07, 6.45) is -2.12. The molecule has 1 aromatic carbocycles. The number of esters is 1. The first kappa shape index (κ1) is 30.8. The minimum absolute atomic E-state index is 0.120. The molecule has 226 valence electrons. The lowest BCUT2D eigenvalue weighted by molar-refractivity contribution is -0.137. The van der Waals surface area contributed by atoms with E-state index in [-0.39, 0.29) is 35.7 Å². The second kappa shape index (κ2) is 12.9. The SMILES string of the molecule is CCOC(=O)c1c(NC(=O)[C@@H](C)Sc2nnc(CNC(=O)c3cccs3)n2-c2cccc(C(F)(F)F)c2)sc2c1CCC2. The van der Waals surface area contributed by atoms with Gasteiger partial charge in [-0.3, -0.25) is 14.2 Å². The van der Waals surface area contributed by atoms with Gasteiger partial charge in [-0.2, -0.15) is 13.2 Å². The summed E-state index contributed by atoms with van der Waals surface area (Å²) in [4.78, 5) is 40.1. The predicted octanol–water partition coefficient (Wildman–Crippen LogP) is 6.12. The molecule has 1 atom stereocenters. The first-order valence-corrected chi connectivity index (χ1v) is 15.9. The van der Waals surface area contributed by atoms with E-state index in [1.807, 2.05) is 0 Å². The van der Waals surface area contributed by atoms with Crippen LogP contribution in [0.1, 0.15) is 62.1 Å². The lowest BCUT2D eigenvalue weighted by atomic mass is 10.1. The fourth-order valence-corrected chi connectivity index (χ4v) is 7.37. The van der Waals surface area contributed by atoms with E-state index in [1.165, 1.54) is 39.4 Å². The number of benzene rings is 1. The highest BCUT2D eigenvalue weighted by Gasteiger charge is 2.32. The maximum Gasteiger partial charge on any atom is 0.416 e. The Kier molecular flexibility index (Phi) is 9.22. The molecule has 0 spiro atoms. The molecule has 2 N–H and O–H groups in total. The van der Waals surface area contributed by atoms with Crippen molar-refractivity contribution in [2.75, 3.05) is 11.9 Å². The number of aryl methyl sites for hydroxylation is 1. The highest BCUT2D eigenvalue weighted by Crippen LogP contribution is 2.40. The van der Waals surface area contributed by atoms with Crippen LogP contribution in [0, 0.1) is 0 Å². The number of ether oxygens (including phenoxy) is 1. The Morgan fingerprint density at radius 3 is 2.70 bits per heavy atom. The summed E-state index contributed by atoms with van der Waals surface area (Å²) in [5.41, 5.74) is 0.527. The molecule has 15 heteroatoms. The Morgan fingerprint density at radius 2 is 1.98 bits per heavy atom. The minimum Gasteiger partial charge on any atom is -0.462 e. The molecular formula is C28H26F3N5O4S3. The molecule has 0 bridgehead atoms. The van der Waals surface area contributed by atoms with Crippen molar-refractivity contribution in [3.63, 3.8) is 0 Å². The first-order chi connectivity index (χ1) is 20.6. The first-order valence-electron chi connectivity index (χ1n) is 13.3. The summed E-state index contributed by atoms with van der Waals surface area (Å²) in [5, 5.41) is 15.4. The number of hydrogen-bond donors (Lipinski definition) is 2. The molecular weight excluding hydrogens is 624 g/mol. The van der Waals surface area contributed by atoms with Gasteiger partial charge in [0, 0.05) is 4.88 Å². The Labute approximate surface area is 256 Å². The number of fused-ring (bicyclic) bond motifs is 1. The summed E-state index contributed by atoms with van der Waals surface area (Å²) in [5.74, 6) is -1.10. The van der Waals surface area contributed by atoms with Crippen LogP contribution < -0.4 is 10.6 Å². The van der Waals surface area contributed by atoms with Crippen molar-refractivity contribution in [1.82, 2.24) is 20.1 Å². The molecule has 0 saturated heterocycles. The van der Waals surface area contributed by atoms with Gasteiger partial charge in [0.25, 0.3) is 5.91 Å². The number of nitrogens with one attached hydrogen (secondary N) is 2. The van der Waals surface area contributed by atoms with Gasteiger partial charge in [0.1, 0.15) is 5.00 Å². The summed E-state index contributed by atoms with van der Waals surface area (Å²) in [6, 6.07) is 8.02. The second-order valence-electron chi connectivity index (χ2n) is 9.47. The average Bonchev–Trinajstić information content (AvgIpc) is 3.76. The molecule has 43 heavy (non-hydrogen) atoms. The topological polar surface area (TPSA) is 115 Å². The number of carbonyl (C=O) groups is 3. The molecule has 1 aliphatic rings. The number of aromatic nitrogens is 3. The van der Waals surface area contributed by atoms with Gasteiger partial charge in [-0.25, -0.2) is 4.79 Å². The van der Waals surface area contributed by atoms with Crippen LogP contribution in [0.2, 0.25) is 0 Å². The number of hydrogen-bond acceptors (Lipinski definition) is 9. The molecule has 4 aromatic rings. The maximum atomic E-state index is 13.6. The highest BCUT2D eigenvalue weighted by molar-refractivity contribution is 8.00. The number of alkyl halides is 3. The normalized spacial score (nSPS) is 13.4. The van der Waals surface area contributed by atoms with Crippen LogP contribution in [0.3, 0.4) is 0 Å². The van der Waals surface area contributed by atoms with Gasteiger partial charge in [-0.1, -0.05) is 23.9 Å². The number of anilines is 1. The molecule has 0 fully saturated rings. The average molecular weight is 650 g/mol. The molecule has 0 saturated carbocycles. The zero-order valence-electron chi connectivity index (χ0n) is 23.0. The van der Waals surface area contributed by atoms with Crippen molar-refractivity contribution in [3.8, 4) is 5.69 Å². The number of halogens is 3. The van der Waals surface area contributed by atoms with Crippen LogP contribution in [0.5, 0.6) is 0 Å². The van der Waals surface area contributed by atoms with Gasteiger partial charge in [0.05, 0.1) is 40.1 Å². The lowest BCUT2D eigenvalue weighted by Crippen LogP contribution is -2.25. The van der Waals surface area contributed by atoms with E-state index >= 15 is 0 Å². The van der Waals surface area contributed by atoms with Crippen molar-refractivity contribution in [1.29, 1.82) is 0 Å². The van der Waals surface area contributed by atoms with Crippen LogP contribution in [0.4, 0.5) is 18.2 Å². The second-order valence-corrected chi connectivity index (χ2v) is 12.8. The van der Waals surface area contributed by atoms with Crippen molar-refractivity contribution in [2.24, 2.45) is 0 Å². The zero-order chi connectivity index (χ0) is 30.7. The molecule has 5 rings (SSSR count). The van der Waals surface area contributed by atoms with Crippen molar-refractivity contribution < 1.29 is 32.3 Å². The van der Waals surface area contributed by atoms with Crippen molar-refractivity contribution in [2.45, 2.75) is 56.2 Å². The highest BCUT2D eigenvalue weighted by atomic mass is 32.2. The van der Waals surface area contributed by atoms with Gasteiger partial charge in [-0.15, -0.1) is 32.9 Å². The number of nitrogens with zero attached hydrogens (tertiary/aromatic N) is 3. The molecule has 9 nitrogen and oxygen atoms in total. The van der Waals surface area contributed by atoms with E-state index in [0.717, 1.165) is 53.6 Å². The Morgan fingerprint density at radius 1 is 1.16 bits per heavy atom. The number of thioether (sulfide) groups is 1. The van der Waals surface area contributed by atoms with Crippen molar-refractivity contribution in [3.05, 3.63) is 74.0 Å². The molecule has 1 aliphatic carbocycles. The third-order valence-electron chi connectivity index (χ3n) is 6.57. The number of rotatable bonds is 10. The molecule has 3 aromatic heterocycles. The van der Waals surface area contributed by atoms with Gasteiger partial charge < -0.3 is 15.4 Å². The van der Waals surface area contributed by atoms with Gasteiger partial charge in [-0.05, 0) is 68.3 Å². The Hall–Kier alpha value is -3.69. The summed E-state index contributed by atoms with van der Waals surface area (Å²) in [7, 11) is 0. The van der Waals surface area contributed by atoms with Gasteiger partial charge in [0.15, 0.2) is 11.0 Å². The largest absolute Gasteiger partial charge is 0.462 e. The summed E-state index contributed by atoms with van der Waals surface area (Å²) in [6.45, 7) is 3.41. The number of thiophene rings is 2. The van der Waals surface area contributed by atoms with Crippen LogP contribution in [-0.4, -0.2) is 44.4 Å². The smallest absolute Gasteiger partial charge is 0.416 e. The standard InChI is InChI=1S/C28H26F3N5O4S3/c1-3-40-26(39)22-18-9-5-10-19(18)43-25(22)33-23(37)15(2)42-27-35-34-21(14-32-24(38)20-11-6-12-41-20)36(27)17-8-4-7-16(13-17)28(29,30)31/h4,6-8,11-13,15H,3,5,9-10,14H2,1-2H3,(H,32,38)(H,33,37)/t15-/m1/s1. The minimum atomic E-state index is -4.59. The van der Waals surface area contributed by atoms with E-state index in [0.29, 0.717) is 15.4 Å². The molecule has 0 unspecified atom stereocenters. The Balaban J connectivity index is 1.40.